The highest BCUT2D eigenvalue weighted by Crippen LogP contribution is 2.40. The van der Waals surface area contributed by atoms with Crippen molar-refractivity contribution in [3.63, 3.8) is 0 Å². The van der Waals surface area contributed by atoms with Gasteiger partial charge in [0.15, 0.2) is 11.5 Å². The molecule has 0 spiro atoms. The molecule has 0 heterocycles. The molecule has 1 aromatic carbocycles. The van der Waals surface area contributed by atoms with E-state index in [0.717, 1.165) is 0 Å². The second-order valence-electron chi connectivity index (χ2n) is 4.31. The Morgan fingerprint density at radius 3 is 2.05 bits per heavy atom. The topological polar surface area (TPSA) is 64.7 Å². The summed E-state index contributed by atoms with van der Waals surface area (Å²) in [5, 5.41) is 10.7. The molecule has 0 saturated heterocycles. The smallest absolute Gasteiger partial charge is 0.162 e. The van der Waals surface area contributed by atoms with Crippen molar-refractivity contribution < 1.29 is 14.6 Å². The Morgan fingerprint density at radius 2 is 1.63 bits per heavy atom. The number of hydrogen-bond acceptors (Lipinski definition) is 4. The molecule has 104 valence electrons. The van der Waals surface area contributed by atoms with Crippen LogP contribution < -0.4 is 15.2 Å². The molecule has 0 amide bonds. The first kappa shape index (κ1) is 15.1. The largest absolute Gasteiger partial charge is 0.493 e. The van der Waals surface area contributed by atoms with E-state index in [4.69, 9.17) is 15.2 Å². The normalized spacial score (nSPS) is 10.9. The summed E-state index contributed by atoms with van der Waals surface area (Å²) in [6.45, 7) is 7.34. The van der Waals surface area contributed by atoms with E-state index in [1.807, 2.05) is 0 Å². The second-order valence-corrected chi connectivity index (χ2v) is 4.31. The van der Waals surface area contributed by atoms with Gasteiger partial charge in [0, 0.05) is 17.3 Å². The summed E-state index contributed by atoms with van der Waals surface area (Å²) in [6, 6.07) is 3.34. The molecule has 4 nitrogen and oxygen atoms in total. The summed E-state index contributed by atoms with van der Waals surface area (Å²) in [4.78, 5) is 0. The van der Waals surface area contributed by atoms with Crippen molar-refractivity contribution >= 4 is 5.69 Å². The minimum absolute atomic E-state index is 0.374. The van der Waals surface area contributed by atoms with Gasteiger partial charge in [0.1, 0.15) is 0 Å². The summed E-state index contributed by atoms with van der Waals surface area (Å²) < 4.78 is 10.4. The van der Waals surface area contributed by atoms with Crippen LogP contribution in [-0.2, 0) is 5.60 Å². The van der Waals surface area contributed by atoms with Crippen molar-refractivity contribution in [1.82, 2.24) is 0 Å². The molecule has 1 aromatic rings. The van der Waals surface area contributed by atoms with Crippen LogP contribution in [0.3, 0.4) is 0 Å². The monoisotopic (exact) mass is 263 g/mol. The van der Waals surface area contributed by atoms with Gasteiger partial charge in [-0.05, 0) is 18.9 Å². The van der Waals surface area contributed by atoms with E-state index in [9.17, 15) is 5.11 Å². The zero-order valence-corrected chi connectivity index (χ0v) is 11.5. The zero-order valence-electron chi connectivity index (χ0n) is 11.5. The van der Waals surface area contributed by atoms with E-state index in [1.165, 1.54) is 14.2 Å². The lowest BCUT2D eigenvalue weighted by atomic mass is 9.86. The molecule has 0 radical (unpaired) electrons. The average Bonchev–Trinajstić information content (AvgIpc) is 2.38. The fraction of sp³-hybridized carbons (Fsp3) is 0.333. The lowest BCUT2D eigenvalue weighted by Gasteiger charge is -2.28. The van der Waals surface area contributed by atoms with Crippen LogP contribution in [0.15, 0.2) is 37.4 Å². The van der Waals surface area contributed by atoms with Gasteiger partial charge >= 0.3 is 0 Å². The van der Waals surface area contributed by atoms with Crippen LogP contribution in [0.2, 0.25) is 0 Å². The minimum atomic E-state index is -1.13. The molecular weight excluding hydrogens is 242 g/mol. The van der Waals surface area contributed by atoms with Gasteiger partial charge in [-0.1, -0.05) is 12.2 Å². The Bertz CT molecular complexity index is 459. The fourth-order valence-corrected chi connectivity index (χ4v) is 2.08. The van der Waals surface area contributed by atoms with Crippen molar-refractivity contribution in [3.05, 3.63) is 43.0 Å². The molecule has 4 heteroatoms. The van der Waals surface area contributed by atoms with E-state index >= 15 is 0 Å². The molecule has 0 saturated carbocycles. The fourth-order valence-electron chi connectivity index (χ4n) is 2.08. The molecule has 1 rings (SSSR count). The van der Waals surface area contributed by atoms with Gasteiger partial charge in [-0.15, -0.1) is 13.2 Å². The Kier molecular flexibility index (Phi) is 5.01. The Hall–Kier alpha value is -1.94. The number of ether oxygens (including phenoxy) is 2. The van der Waals surface area contributed by atoms with Crippen LogP contribution in [0.5, 0.6) is 11.5 Å². The van der Waals surface area contributed by atoms with Crippen LogP contribution in [0, 0.1) is 0 Å². The molecule has 0 atom stereocenters. The number of anilines is 1. The van der Waals surface area contributed by atoms with Crippen molar-refractivity contribution in [2.24, 2.45) is 0 Å². The van der Waals surface area contributed by atoms with E-state index in [-0.39, 0.29) is 0 Å². The molecule has 0 aromatic heterocycles. The Labute approximate surface area is 114 Å². The summed E-state index contributed by atoms with van der Waals surface area (Å²) in [6.07, 6.45) is 4.05. The van der Waals surface area contributed by atoms with E-state index in [1.54, 1.807) is 24.3 Å². The number of rotatable bonds is 7. The van der Waals surface area contributed by atoms with Gasteiger partial charge < -0.3 is 20.3 Å². The van der Waals surface area contributed by atoms with Crippen LogP contribution in [0.4, 0.5) is 5.69 Å². The molecule has 0 bridgehead atoms. The molecule has 0 aliphatic rings. The predicted molar refractivity (Wildman–Crippen MR) is 77.5 cm³/mol. The summed E-state index contributed by atoms with van der Waals surface area (Å²) >= 11 is 0. The van der Waals surface area contributed by atoms with Gasteiger partial charge in [-0.25, -0.2) is 0 Å². The SMILES string of the molecule is C=CCC(O)(CC=C)c1cc(OC)c(OC)cc1N. The summed E-state index contributed by atoms with van der Waals surface area (Å²) in [5.74, 6) is 1.06. The lowest BCUT2D eigenvalue weighted by molar-refractivity contribution is 0.0435. The first-order valence-corrected chi connectivity index (χ1v) is 5.98. The van der Waals surface area contributed by atoms with Gasteiger partial charge in [0.2, 0.25) is 0 Å². The van der Waals surface area contributed by atoms with Crippen LogP contribution >= 0.6 is 0 Å². The third kappa shape index (κ3) is 3.09. The first-order valence-electron chi connectivity index (χ1n) is 5.98. The number of aliphatic hydroxyl groups is 1. The summed E-state index contributed by atoms with van der Waals surface area (Å²) in [7, 11) is 3.08. The highest BCUT2D eigenvalue weighted by molar-refractivity contribution is 5.60. The quantitative estimate of drug-likeness (QED) is 0.586. The zero-order chi connectivity index (χ0) is 14.5. The maximum Gasteiger partial charge on any atom is 0.162 e. The highest BCUT2D eigenvalue weighted by Gasteiger charge is 2.30. The third-order valence-corrected chi connectivity index (χ3v) is 3.02. The first-order chi connectivity index (χ1) is 9.02. The highest BCUT2D eigenvalue weighted by atomic mass is 16.5. The van der Waals surface area contributed by atoms with Crippen molar-refractivity contribution in [2.45, 2.75) is 18.4 Å². The Morgan fingerprint density at radius 1 is 1.16 bits per heavy atom. The molecule has 19 heavy (non-hydrogen) atoms. The van der Waals surface area contributed by atoms with Crippen molar-refractivity contribution in [1.29, 1.82) is 0 Å². The third-order valence-electron chi connectivity index (χ3n) is 3.02. The number of methoxy groups -OCH3 is 2. The van der Waals surface area contributed by atoms with E-state index in [2.05, 4.69) is 13.2 Å². The molecule has 0 unspecified atom stereocenters. The molecule has 0 aliphatic heterocycles. The maximum atomic E-state index is 10.7. The minimum Gasteiger partial charge on any atom is -0.493 e. The number of benzene rings is 1. The van der Waals surface area contributed by atoms with Crippen LogP contribution in [-0.4, -0.2) is 19.3 Å². The van der Waals surface area contributed by atoms with Crippen LogP contribution in [0.1, 0.15) is 18.4 Å². The second kappa shape index (κ2) is 6.29. The van der Waals surface area contributed by atoms with Gasteiger partial charge in [-0.3, -0.25) is 0 Å². The molecule has 0 fully saturated rings. The van der Waals surface area contributed by atoms with Crippen molar-refractivity contribution in [3.8, 4) is 11.5 Å². The summed E-state index contributed by atoms with van der Waals surface area (Å²) in [5.41, 5.74) is 5.91. The van der Waals surface area contributed by atoms with Gasteiger partial charge in [0.25, 0.3) is 0 Å². The van der Waals surface area contributed by atoms with Gasteiger partial charge in [0.05, 0.1) is 19.8 Å². The van der Waals surface area contributed by atoms with Crippen molar-refractivity contribution in [2.75, 3.05) is 20.0 Å². The van der Waals surface area contributed by atoms with E-state index < -0.39 is 5.60 Å². The van der Waals surface area contributed by atoms with Gasteiger partial charge in [-0.2, -0.15) is 0 Å². The average molecular weight is 263 g/mol. The maximum absolute atomic E-state index is 10.7. The Balaban J connectivity index is 3.38. The number of nitrogen functional groups attached to an aromatic ring is 1. The standard InChI is InChI=1S/C15H21NO3/c1-5-7-15(17,8-6-2)11-9-13(18-3)14(19-4)10-12(11)16/h5-6,9-10,17H,1-2,7-8,16H2,3-4H3. The van der Waals surface area contributed by atoms with Crippen LogP contribution in [0.25, 0.3) is 0 Å². The molecule has 0 aliphatic carbocycles. The lowest BCUT2D eigenvalue weighted by Crippen LogP contribution is -2.25. The molecular formula is C15H21NO3. The predicted octanol–water partition coefficient (Wildman–Crippen LogP) is 2.63. The van der Waals surface area contributed by atoms with E-state index in [0.29, 0.717) is 35.6 Å². The number of nitrogens with two attached hydrogens (primary N) is 1. The number of hydrogen-bond donors (Lipinski definition) is 2. The molecule has 3 N–H and O–H groups in total.